The molecule has 0 aliphatic rings. The van der Waals surface area contributed by atoms with Crippen molar-refractivity contribution in [2.75, 3.05) is 11.9 Å². The molecule has 0 saturated heterocycles. The minimum absolute atomic E-state index is 0.224. The lowest BCUT2D eigenvalue weighted by atomic mass is 10.1. The highest BCUT2D eigenvalue weighted by atomic mass is 16.5. The molecule has 158 valence electrons. The highest BCUT2D eigenvalue weighted by Gasteiger charge is 2.18. The largest absolute Gasteiger partial charge is 0.462 e. The van der Waals surface area contributed by atoms with Crippen molar-refractivity contribution in [1.29, 1.82) is 0 Å². The van der Waals surface area contributed by atoms with E-state index in [4.69, 9.17) is 4.74 Å². The van der Waals surface area contributed by atoms with E-state index >= 15 is 0 Å². The van der Waals surface area contributed by atoms with Crippen LogP contribution in [0.3, 0.4) is 0 Å². The molecule has 1 N–H and O–H groups in total. The molecule has 0 unspecified atom stereocenters. The first-order valence-electron chi connectivity index (χ1n) is 9.97. The van der Waals surface area contributed by atoms with E-state index in [-0.39, 0.29) is 12.5 Å². The number of benzene rings is 1. The topological polar surface area (TPSA) is 103 Å². The van der Waals surface area contributed by atoms with Crippen LogP contribution in [-0.4, -0.2) is 42.9 Å². The van der Waals surface area contributed by atoms with Crippen LogP contribution in [0.15, 0.2) is 48.9 Å². The summed E-state index contributed by atoms with van der Waals surface area (Å²) in [6, 6.07) is 9.20. The Balaban J connectivity index is 1.65. The summed E-state index contributed by atoms with van der Waals surface area (Å²) in [5, 5.41) is 11.6. The molecule has 31 heavy (non-hydrogen) atoms. The predicted molar refractivity (Wildman–Crippen MR) is 115 cm³/mol. The number of aryl methyl sites for hydroxylation is 2. The van der Waals surface area contributed by atoms with Crippen LogP contribution in [0.2, 0.25) is 0 Å². The second kappa shape index (κ2) is 8.39. The van der Waals surface area contributed by atoms with E-state index in [2.05, 4.69) is 20.5 Å². The Hall–Kier alpha value is -4.01. The molecule has 4 rings (SSSR count). The minimum atomic E-state index is -0.467. The Morgan fingerprint density at radius 2 is 2.00 bits per heavy atom. The van der Waals surface area contributed by atoms with Crippen LogP contribution in [0, 0.1) is 6.92 Å². The molecule has 0 aliphatic heterocycles. The minimum Gasteiger partial charge on any atom is -0.462 e. The van der Waals surface area contributed by atoms with Gasteiger partial charge in [0.2, 0.25) is 0 Å². The molecular formula is C22H22N6O3. The van der Waals surface area contributed by atoms with Crippen LogP contribution < -0.4 is 5.32 Å². The predicted octanol–water partition coefficient (Wildman–Crippen LogP) is 3.35. The maximum Gasteiger partial charge on any atom is 0.343 e. The Morgan fingerprint density at radius 3 is 2.74 bits per heavy atom. The van der Waals surface area contributed by atoms with Crippen LogP contribution >= 0.6 is 0 Å². The molecule has 0 fully saturated rings. The summed E-state index contributed by atoms with van der Waals surface area (Å²) in [5.41, 5.74) is 4.09. The van der Waals surface area contributed by atoms with Crippen LogP contribution in [0.25, 0.3) is 16.9 Å². The molecule has 0 bridgehead atoms. The average molecular weight is 418 g/mol. The van der Waals surface area contributed by atoms with Crippen LogP contribution in [0.1, 0.15) is 40.3 Å². The number of nitrogens with one attached hydrogen (secondary N) is 1. The fourth-order valence-corrected chi connectivity index (χ4v) is 3.32. The lowest BCUT2D eigenvalue weighted by Gasteiger charge is -2.09. The van der Waals surface area contributed by atoms with E-state index in [1.54, 1.807) is 34.6 Å². The highest BCUT2D eigenvalue weighted by molar-refractivity contribution is 6.05. The first-order chi connectivity index (χ1) is 15.0. The third-order valence-corrected chi connectivity index (χ3v) is 4.83. The van der Waals surface area contributed by atoms with Crippen molar-refractivity contribution in [2.24, 2.45) is 0 Å². The molecule has 0 atom stereocenters. The fourth-order valence-electron chi connectivity index (χ4n) is 3.32. The zero-order valence-electron chi connectivity index (χ0n) is 17.5. The molecule has 3 heterocycles. The van der Waals surface area contributed by atoms with Gasteiger partial charge in [-0.05, 0) is 39.0 Å². The van der Waals surface area contributed by atoms with Gasteiger partial charge in [-0.15, -0.1) is 0 Å². The third-order valence-electron chi connectivity index (χ3n) is 4.83. The van der Waals surface area contributed by atoms with Gasteiger partial charge in [-0.3, -0.25) is 9.48 Å². The van der Waals surface area contributed by atoms with E-state index < -0.39 is 5.97 Å². The number of anilines is 1. The molecular weight excluding hydrogens is 396 g/mol. The monoisotopic (exact) mass is 418 g/mol. The van der Waals surface area contributed by atoms with E-state index in [1.807, 2.05) is 38.1 Å². The van der Waals surface area contributed by atoms with Crippen LogP contribution in [0.5, 0.6) is 0 Å². The Labute approximate surface area is 178 Å². The van der Waals surface area contributed by atoms with Gasteiger partial charge >= 0.3 is 5.97 Å². The number of esters is 1. The average Bonchev–Trinajstić information content (AvgIpc) is 3.37. The molecule has 0 spiro atoms. The summed E-state index contributed by atoms with van der Waals surface area (Å²) in [6.45, 7) is 6.49. The number of nitrogens with zero attached hydrogens (tertiary/aromatic N) is 5. The van der Waals surface area contributed by atoms with Gasteiger partial charge < -0.3 is 10.1 Å². The van der Waals surface area contributed by atoms with Crippen molar-refractivity contribution in [3.63, 3.8) is 0 Å². The summed E-state index contributed by atoms with van der Waals surface area (Å²) < 4.78 is 8.39. The second-order valence-electron chi connectivity index (χ2n) is 6.86. The number of rotatable bonds is 6. The molecule has 9 heteroatoms. The van der Waals surface area contributed by atoms with Crippen molar-refractivity contribution < 1.29 is 14.3 Å². The molecule has 1 amide bonds. The number of carbonyl (C=O) groups excluding carboxylic acids is 2. The van der Waals surface area contributed by atoms with Gasteiger partial charge in [-0.2, -0.15) is 10.2 Å². The molecule has 0 saturated carbocycles. The fraction of sp³-hybridized carbons (Fsp3) is 0.227. The first-order valence-corrected chi connectivity index (χ1v) is 9.97. The van der Waals surface area contributed by atoms with E-state index in [9.17, 15) is 9.59 Å². The molecule has 3 aromatic heterocycles. The zero-order chi connectivity index (χ0) is 22.0. The van der Waals surface area contributed by atoms with E-state index in [0.717, 1.165) is 11.3 Å². The second-order valence-corrected chi connectivity index (χ2v) is 6.86. The number of fused-ring (bicyclic) bond motifs is 1. The van der Waals surface area contributed by atoms with Crippen molar-refractivity contribution in [3.05, 3.63) is 65.7 Å². The third kappa shape index (κ3) is 3.89. The van der Waals surface area contributed by atoms with E-state index in [0.29, 0.717) is 34.7 Å². The molecule has 0 aliphatic carbocycles. The van der Waals surface area contributed by atoms with Gasteiger partial charge in [0.15, 0.2) is 5.65 Å². The number of hydrogen-bond donors (Lipinski definition) is 1. The smallest absolute Gasteiger partial charge is 0.343 e. The SMILES string of the molecule is CCOC(=O)c1cnn2c(-c3cccc(NC(=O)c4cn(CC)nc4C)c3)ccnc12. The number of aromatic nitrogens is 5. The maximum absolute atomic E-state index is 12.7. The quantitative estimate of drug-likeness (QED) is 0.482. The summed E-state index contributed by atoms with van der Waals surface area (Å²) >= 11 is 0. The van der Waals surface area contributed by atoms with Crippen LogP contribution in [-0.2, 0) is 11.3 Å². The van der Waals surface area contributed by atoms with Gasteiger partial charge in [0.05, 0.1) is 29.8 Å². The van der Waals surface area contributed by atoms with Gasteiger partial charge in [-0.1, -0.05) is 12.1 Å². The van der Waals surface area contributed by atoms with Crippen molar-refractivity contribution in [3.8, 4) is 11.3 Å². The normalized spacial score (nSPS) is 10.9. The number of ether oxygens (including phenoxy) is 1. The van der Waals surface area contributed by atoms with Crippen molar-refractivity contribution >= 4 is 23.2 Å². The van der Waals surface area contributed by atoms with Crippen molar-refractivity contribution in [1.82, 2.24) is 24.4 Å². The molecule has 4 aromatic rings. The molecule has 1 aromatic carbocycles. The zero-order valence-corrected chi connectivity index (χ0v) is 17.5. The van der Waals surface area contributed by atoms with Gasteiger partial charge in [0.25, 0.3) is 5.91 Å². The Kier molecular flexibility index (Phi) is 5.48. The number of amides is 1. The lowest BCUT2D eigenvalue weighted by Crippen LogP contribution is -2.12. The Morgan fingerprint density at radius 1 is 1.16 bits per heavy atom. The summed E-state index contributed by atoms with van der Waals surface area (Å²) in [6.07, 6.45) is 4.80. The standard InChI is InChI=1S/C22H22N6O3/c1-4-27-13-18(14(3)26-27)21(29)25-16-8-6-7-15(11-16)19-9-10-23-20-17(12-24-28(19)20)22(30)31-5-2/h6-13H,4-5H2,1-3H3,(H,25,29). The summed E-state index contributed by atoms with van der Waals surface area (Å²) in [7, 11) is 0. The molecule has 0 radical (unpaired) electrons. The van der Waals surface area contributed by atoms with Gasteiger partial charge in [0, 0.05) is 30.2 Å². The molecule has 9 nitrogen and oxygen atoms in total. The highest BCUT2D eigenvalue weighted by Crippen LogP contribution is 2.24. The lowest BCUT2D eigenvalue weighted by molar-refractivity contribution is 0.0528. The summed E-state index contributed by atoms with van der Waals surface area (Å²) in [5.74, 6) is -0.691. The van der Waals surface area contributed by atoms with Gasteiger partial charge in [0.1, 0.15) is 5.56 Å². The number of carbonyl (C=O) groups is 2. The van der Waals surface area contributed by atoms with Crippen molar-refractivity contribution in [2.45, 2.75) is 27.3 Å². The first kappa shape index (κ1) is 20.3. The Bertz CT molecular complexity index is 1270. The summed E-state index contributed by atoms with van der Waals surface area (Å²) in [4.78, 5) is 29.2. The maximum atomic E-state index is 12.7. The van der Waals surface area contributed by atoms with E-state index in [1.165, 1.54) is 6.20 Å². The number of hydrogen-bond acceptors (Lipinski definition) is 6. The van der Waals surface area contributed by atoms with Crippen LogP contribution in [0.4, 0.5) is 5.69 Å². The van der Waals surface area contributed by atoms with Gasteiger partial charge in [-0.25, -0.2) is 14.3 Å².